The molecule has 0 radical (unpaired) electrons. The number of hydrogen-bond acceptors (Lipinski definition) is 6. The van der Waals surface area contributed by atoms with Gasteiger partial charge in [0.25, 0.3) is 5.69 Å². The Labute approximate surface area is 169 Å². The lowest BCUT2D eigenvalue weighted by Gasteiger charge is -2.12. The molecule has 9 heteroatoms. The molecule has 0 aliphatic heterocycles. The molecule has 27 heavy (non-hydrogen) atoms. The second-order valence-corrected chi connectivity index (χ2v) is 6.52. The standard InChI is InChI=1S/C18H18IN3O5/c1-3-27-18-15(19)8-13(9-16(18)26-2)11-20-21-17(23)10-12-4-6-14(7-5-12)22(24)25/h4-9,11H,3,10H2,1-2H3,(H,21,23)/b20-11-. The van der Waals surface area contributed by atoms with E-state index in [4.69, 9.17) is 9.47 Å². The number of halogens is 1. The Morgan fingerprint density at radius 1 is 1.33 bits per heavy atom. The van der Waals surface area contributed by atoms with Crippen LogP contribution in [0.5, 0.6) is 11.5 Å². The highest BCUT2D eigenvalue weighted by molar-refractivity contribution is 14.1. The predicted octanol–water partition coefficient (Wildman–Crippen LogP) is 3.30. The van der Waals surface area contributed by atoms with Gasteiger partial charge in [0.1, 0.15) is 0 Å². The van der Waals surface area contributed by atoms with Crippen LogP contribution in [-0.4, -0.2) is 30.8 Å². The van der Waals surface area contributed by atoms with Crippen LogP contribution in [0.3, 0.4) is 0 Å². The van der Waals surface area contributed by atoms with E-state index >= 15 is 0 Å². The average Bonchev–Trinajstić information content (AvgIpc) is 2.64. The first-order valence-corrected chi connectivity index (χ1v) is 9.08. The third-order valence-corrected chi connectivity index (χ3v) is 4.26. The summed E-state index contributed by atoms with van der Waals surface area (Å²) in [6.45, 7) is 2.42. The van der Waals surface area contributed by atoms with Crippen LogP contribution in [0.2, 0.25) is 0 Å². The topological polar surface area (TPSA) is 103 Å². The van der Waals surface area contributed by atoms with Gasteiger partial charge >= 0.3 is 0 Å². The molecule has 0 heterocycles. The first-order valence-electron chi connectivity index (χ1n) is 8.00. The minimum absolute atomic E-state index is 0.0174. The molecule has 2 aromatic rings. The van der Waals surface area contributed by atoms with Crippen molar-refractivity contribution < 1.29 is 19.2 Å². The van der Waals surface area contributed by atoms with Crippen LogP contribution < -0.4 is 14.9 Å². The number of carbonyl (C=O) groups excluding carboxylic acids is 1. The highest BCUT2D eigenvalue weighted by Crippen LogP contribution is 2.33. The van der Waals surface area contributed by atoms with E-state index in [1.165, 1.54) is 18.3 Å². The molecule has 0 fully saturated rings. The fourth-order valence-corrected chi connectivity index (χ4v) is 3.02. The molecule has 0 aliphatic rings. The molecule has 2 rings (SSSR count). The Kier molecular flexibility index (Phi) is 7.53. The molecule has 0 aromatic heterocycles. The molecule has 0 spiro atoms. The van der Waals surface area contributed by atoms with Crippen molar-refractivity contribution in [2.45, 2.75) is 13.3 Å². The maximum absolute atomic E-state index is 11.9. The van der Waals surface area contributed by atoms with Gasteiger partial charge in [0.15, 0.2) is 11.5 Å². The summed E-state index contributed by atoms with van der Waals surface area (Å²) >= 11 is 2.14. The van der Waals surface area contributed by atoms with Crippen molar-refractivity contribution in [2.75, 3.05) is 13.7 Å². The first kappa shape index (κ1) is 20.6. The summed E-state index contributed by atoms with van der Waals surface area (Å²) in [5.74, 6) is 0.926. The lowest BCUT2D eigenvalue weighted by atomic mass is 10.1. The number of rotatable bonds is 8. The zero-order valence-corrected chi connectivity index (χ0v) is 16.9. The number of nitrogens with zero attached hydrogens (tertiary/aromatic N) is 2. The number of hydrazone groups is 1. The van der Waals surface area contributed by atoms with Gasteiger partial charge in [-0.1, -0.05) is 12.1 Å². The third kappa shape index (κ3) is 5.91. The van der Waals surface area contributed by atoms with E-state index in [2.05, 4.69) is 33.1 Å². The van der Waals surface area contributed by atoms with Gasteiger partial charge in [-0.3, -0.25) is 14.9 Å². The number of nitro benzene ring substituents is 1. The minimum atomic E-state index is -0.486. The molecule has 0 saturated carbocycles. The number of carbonyl (C=O) groups is 1. The molecule has 8 nitrogen and oxygen atoms in total. The van der Waals surface area contributed by atoms with E-state index in [0.29, 0.717) is 23.7 Å². The molecular formula is C18H18IN3O5. The highest BCUT2D eigenvalue weighted by Gasteiger charge is 2.11. The third-order valence-electron chi connectivity index (χ3n) is 3.46. The predicted molar refractivity (Wildman–Crippen MR) is 109 cm³/mol. The smallest absolute Gasteiger partial charge is 0.269 e. The van der Waals surface area contributed by atoms with Crippen LogP contribution >= 0.6 is 22.6 Å². The fourth-order valence-electron chi connectivity index (χ4n) is 2.24. The number of hydrogen-bond donors (Lipinski definition) is 1. The largest absolute Gasteiger partial charge is 0.493 e. The maximum Gasteiger partial charge on any atom is 0.269 e. The number of amides is 1. The average molecular weight is 483 g/mol. The van der Waals surface area contributed by atoms with Crippen molar-refractivity contribution in [1.29, 1.82) is 0 Å². The first-order chi connectivity index (χ1) is 12.9. The Hall–Kier alpha value is -2.69. The Balaban J connectivity index is 1.99. The van der Waals surface area contributed by atoms with Gasteiger partial charge in [-0.25, -0.2) is 5.43 Å². The maximum atomic E-state index is 11.9. The van der Waals surface area contributed by atoms with Gasteiger partial charge in [-0.15, -0.1) is 0 Å². The number of ether oxygens (including phenoxy) is 2. The van der Waals surface area contributed by atoms with E-state index in [9.17, 15) is 14.9 Å². The molecular weight excluding hydrogens is 465 g/mol. The number of non-ortho nitro benzene ring substituents is 1. The van der Waals surface area contributed by atoms with E-state index in [1.54, 1.807) is 25.3 Å². The molecule has 2 aromatic carbocycles. The Morgan fingerprint density at radius 2 is 2.04 bits per heavy atom. The van der Waals surface area contributed by atoms with Crippen molar-refractivity contribution in [2.24, 2.45) is 5.10 Å². The van der Waals surface area contributed by atoms with Crippen LogP contribution in [0.4, 0.5) is 5.69 Å². The normalized spacial score (nSPS) is 10.6. The van der Waals surface area contributed by atoms with Crippen LogP contribution in [-0.2, 0) is 11.2 Å². The van der Waals surface area contributed by atoms with Crippen molar-refractivity contribution in [1.82, 2.24) is 5.43 Å². The summed E-state index contributed by atoms with van der Waals surface area (Å²) in [5, 5.41) is 14.6. The van der Waals surface area contributed by atoms with Gasteiger partial charge in [0.05, 0.1) is 34.8 Å². The lowest BCUT2D eigenvalue weighted by Crippen LogP contribution is -2.19. The SMILES string of the molecule is CCOc1c(I)cc(/C=N\NC(=O)Cc2ccc([N+](=O)[O-])cc2)cc1OC. The van der Waals surface area contributed by atoms with Gasteiger partial charge in [-0.05, 0) is 52.8 Å². The van der Waals surface area contributed by atoms with Crippen LogP contribution in [0.15, 0.2) is 41.5 Å². The zero-order valence-electron chi connectivity index (χ0n) is 14.8. The molecule has 142 valence electrons. The quantitative estimate of drug-likeness (QED) is 0.269. The molecule has 1 amide bonds. The van der Waals surface area contributed by atoms with E-state index in [1.807, 2.05) is 13.0 Å². The Bertz CT molecular complexity index is 853. The summed E-state index contributed by atoms with van der Waals surface area (Å²) in [6, 6.07) is 9.43. The van der Waals surface area contributed by atoms with Gasteiger partial charge in [0.2, 0.25) is 5.91 Å². The van der Waals surface area contributed by atoms with Crippen molar-refractivity contribution in [3.8, 4) is 11.5 Å². The van der Waals surface area contributed by atoms with Crippen LogP contribution in [0, 0.1) is 13.7 Å². The minimum Gasteiger partial charge on any atom is -0.493 e. The summed E-state index contributed by atoms with van der Waals surface area (Å²) in [4.78, 5) is 22.1. The van der Waals surface area contributed by atoms with Gasteiger partial charge in [0, 0.05) is 12.1 Å². The van der Waals surface area contributed by atoms with Crippen molar-refractivity contribution in [3.63, 3.8) is 0 Å². The summed E-state index contributed by atoms with van der Waals surface area (Å²) in [7, 11) is 1.56. The van der Waals surface area contributed by atoms with E-state index in [-0.39, 0.29) is 18.0 Å². The molecule has 1 N–H and O–H groups in total. The van der Waals surface area contributed by atoms with E-state index < -0.39 is 4.92 Å². The van der Waals surface area contributed by atoms with Crippen molar-refractivity contribution in [3.05, 3.63) is 61.2 Å². The summed E-state index contributed by atoms with van der Waals surface area (Å²) in [5.41, 5.74) is 3.82. The lowest BCUT2D eigenvalue weighted by molar-refractivity contribution is -0.384. The number of nitro groups is 1. The number of methoxy groups -OCH3 is 1. The fraction of sp³-hybridized carbons (Fsp3) is 0.222. The number of benzene rings is 2. The second-order valence-electron chi connectivity index (χ2n) is 5.36. The second kappa shape index (κ2) is 9.86. The number of nitrogens with one attached hydrogen (secondary N) is 1. The van der Waals surface area contributed by atoms with Crippen LogP contribution in [0.25, 0.3) is 0 Å². The molecule has 0 saturated heterocycles. The van der Waals surface area contributed by atoms with Gasteiger partial charge < -0.3 is 9.47 Å². The monoisotopic (exact) mass is 483 g/mol. The van der Waals surface area contributed by atoms with E-state index in [0.717, 1.165) is 9.13 Å². The van der Waals surface area contributed by atoms with Gasteiger partial charge in [-0.2, -0.15) is 5.10 Å². The zero-order chi connectivity index (χ0) is 19.8. The summed E-state index contributed by atoms with van der Waals surface area (Å²) in [6.07, 6.45) is 1.58. The molecule has 0 atom stereocenters. The van der Waals surface area contributed by atoms with Crippen LogP contribution in [0.1, 0.15) is 18.1 Å². The molecule has 0 aliphatic carbocycles. The Morgan fingerprint density at radius 3 is 2.63 bits per heavy atom. The molecule has 0 bridgehead atoms. The van der Waals surface area contributed by atoms with Crippen molar-refractivity contribution >= 4 is 40.4 Å². The summed E-state index contributed by atoms with van der Waals surface area (Å²) < 4.78 is 11.8. The molecule has 0 unspecified atom stereocenters. The highest BCUT2D eigenvalue weighted by atomic mass is 127.